The molecule has 226 valence electrons. The molecule has 0 radical (unpaired) electrons. The molecule has 5 nitrogen and oxygen atoms in total. The van der Waals surface area contributed by atoms with Gasteiger partial charge in [-0.2, -0.15) is 0 Å². The Balaban J connectivity index is 1.87. The predicted molar refractivity (Wildman–Crippen MR) is 165 cm³/mol. The zero-order valence-corrected chi connectivity index (χ0v) is 26.9. The summed E-state index contributed by atoms with van der Waals surface area (Å²) < 4.78 is 6.72. The van der Waals surface area contributed by atoms with Crippen LogP contribution in [0.4, 0.5) is 0 Å². The van der Waals surface area contributed by atoms with Crippen LogP contribution < -0.4 is 0 Å². The van der Waals surface area contributed by atoms with E-state index in [4.69, 9.17) is 4.74 Å². The van der Waals surface area contributed by atoms with Gasteiger partial charge in [-0.15, -0.1) is 0 Å². The first-order valence-electron chi connectivity index (χ1n) is 15.5. The van der Waals surface area contributed by atoms with Gasteiger partial charge in [-0.3, -0.25) is 14.4 Å². The van der Waals surface area contributed by atoms with E-state index < -0.39 is 50.4 Å². The topological polar surface area (TPSA) is 80.7 Å². The Hall–Kier alpha value is -2.63. The summed E-state index contributed by atoms with van der Waals surface area (Å²) in [5.41, 5.74) is -3.01. The number of carbonyl (C=O) groups excluding carboxylic acids is 3. The van der Waals surface area contributed by atoms with Crippen molar-refractivity contribution < 1.29 is 24.2 Å². The van der Waals surface area contributed by atoms with Crippen LogP contribution in [0.25, 0.3) is 0 Å². The lowest BCUT2D eigenvalue weighted by Crippen LogP contribution is -2.80. The number of allylic oxidation sites excluding steroid dienone is 6. The summed E-state index contributed by atoms with van der Waals surface area (Å²) in [7, 11) is 0. The molecule has 5 fully saturated rings. The molecular weight excluding hydrogens is 524 g/mol. The maximum absolute atomic E-state index is 15.6. The Labute approximate surface area is 251 Å². The molecule has 1 aromatic carbocycles. The fourth-order valence-corrected chi connectivity index (χ4v) is 9.26. The Kier molecular flexibility index (Phi) is 7.11. The van der Waals surface area contributed by atoms with Crippen LogP contribution in [0.2, 0.25) is 0 Å². The highest BCUT2D eigenvalue weighted by Crippen LogP contribution is 2.80. The van der Waals surface area contributed by atoms with Crippen molar-refractivity contribution in [2.45, 2.75) is 106 Å². The molecule has 42 heavy (non-hydrogen) atoms. The van der Waals surface area contributed by atoms with E-state index in [0.29, 0.717) is 18.4 Å². The smallest absolute Gasteiger partial charge is 0.192 e. The third-order valence-corrected chi connectivity index (χ3v) is 11.6. The van der Waals surface area contributed by atoms with Gasteiger partial charge in [0, 0.05) is 11.5 Å². The van der Waals surface area contributed by atoms with Crippen LogP contribution in [-0.2, 0) is 14.3 Å². The van der Waals surface area contributed by atoms with Crippen LogP contribution >= 0.6 is 0 Å². The van der Waals surface area contributed by atoms with Crippen molar-refractivity contribution in [3.8, 4) is 0 Å². The predicted octanol–water partition coefficient (Wildman–Crippen LogP) is 7.59. The number of rotatable bonds is 8. The molecule has 4 saturated carbocycles. The lowest BCUT2D eigenvalue weighted by Gasteiger charge is -2.65. The van der Waals surface area contributed by atoms with Gasteiger partial charge in [-0.25, -0.2) is 0 Å². The number of benzene rings is 1. The van der Waals surface area contributed by atoms with Crippen molar-refractivity contribution in [2.75, 3.05) is 0 Å². The molecule has 0 amide bonds. The standard InChI is InChI=1S/C37H48O5/c1-23(2)15-16-25(5)18-19-34-22-27-21-28-33(8,9)42-37(34,41)35(28,20-17-24(3)4)31(40)36(30(34)39,32(27,6)7)29(38)26-13-11-10-12-14-26/h10-15,17-18,27-28,41H,16,19-22H2,1-9H3/b25-18+/t27?,28-,34?,35?,36?,37?/m1/s1. The summed E-state index contributed by atoms with van der Waals surface area (Å²) in [6.45, 7) is 17.9. The third-order valence-electron chi connectivity index (χ3n) is 11.6. The zero-order chi connectivity index (χ0) is 31.1. The lowest BCUT2D eigenvalue weighted by atomic mass is 9.35. The average molecular weight is 573 g/mol. The van der Waals surface area contributed by atoms with Gasteiger partial charge < -0.3 is 9.84 Å². The molecule has 0 spiro atoms. The van der Waals surface area contributed by atoms with E-state index in [-0.39, 0.29) is 24.7 Å². The molecule has 4 aliphatic carbocycles. The number of ketones is 3. The molecule has 1 saturated heterocycles. The second-order valence-electron chi connectivity index (χ2n) is 15.1. The monoisotopic (exact) mass is 572 g/mol. The van der Waals surface area contributed by atoms with Gasteiger partial charge in [0.2, 0.25) is 0 Å². The minimum absolute atomic E-state index is 0.144. The highest BCUT2D eigenvalue weighted by molar-refractivity contribution is 6.34. The first kappa shape index (κ1) is 30.8. The summed E-state index contributed by atoms with van der Waals surface area (Å²) in [6.07, 6.45) is 8.32. The summed E-state index contributed by atoms with van der Waals surface area (Å²) in [6, 6.07) is 8.79. The Morgan fingerprint density at radius 2 is 1.52 bits per heavy atom. The minimum atomic E-state index is -2.05. The molecule has 1 aromatic rings. The van der Waals surface area contributed by atoms with Gasteiger partial charge in [0.15, 0.2) is 28.6 Å². The van der Waals surface area contributed by atoms with E-state index in [1.54, 1.807) is 24.3 Å². The Morgan fingerprint density at radius 3 is 2.12 bits per heavy atom. The zero-order valence-electron chi connectivity index (χ0n) is 26.9. The van der Waals surface area contributed by atoms with Crippen LogP contribution in [0, 0.1) is 33.5 Å². The molecule has 0 aromatic heterocycles. The molecule has 1 aliphatic heterocycles. The van der Waals surface area contributed by atoms with Gasteiger partial charge >= 0.3 is 0 Å². The van der Waals surface area contributed by atoms with Crippen molar-refractivity contribution in [3.05, 3.63) is 70.8 Å². The van der Waals surface area contributed by atoms with Crippen LogP contribution in [-0.4, -0.2) is 33.8 Å². The third kappa shape index (κ3) is 3.65. The largest absolute Gasteiger partial charge is 0.364 e. The maximum atomic E-state index is 15.6. The van der Waals surface area contributed by atoms with Crippen LogP contribution in [0.3, 0.4) is 0 Å². The van der Waals surface area contributed by atoms with Crippen molar-refractivity contribution in [3.63, 3.8) is 0 Å². The van der Waals surface area contributed by atoms with Gasteiger partial charge in [0.05, 0.1) is 16.4 Å². The van der Waals surface area contributed by atoms with Gasteiger partial charge in [0.25, 0.3) is 0 Å². The van der Waals surface area contributed by atoms with Crippen molar-refractivity contribution >= 4 is 17.3 Å². The van der Waals surface area contributed by atoms with Crippen LogP contribution in [0.15, 0.2) is 65.3 Å². The molecule has 1 heterocycles. The quantitative estimate of drug-likeness (QED) is 0.197. The van der Waals surface area contributed by atoms with Gasteiger partial charge in [-0.1, -0.05) is 79.1 Å². The minimum Gasteiger partial charge on any atom is -0.364 e. The molecule has 5 aliphatic rings. The SMILES string of the molecule is CC(C)=CC/C(C)=C/CC12CC3C[C@@H]4C(C)(C)OC1(O)C4(CC=C(C)C)C(=O)C(C(=O)c1ccccc1)(C2=O)C3(C)C. The van der Waals surface area contributed by atoms with Gasteiger partial charge in [-0.05, 0) is 91.9 Å². The van der Waals surface area contributed by atoms with Crippen molar-refractivity contribution in [1.29, 1.82) is 0 Å². The van der Waals surface area contributed by atoms with Crippen LogP contribution in [0.1, 0.15) is 105 Å². The lowest BCUT2D eigenvalue weighted by molar-refractivity contribution is -0.324. The van der Waals surface area contributed by atoms with E-state index in [1.807, 2.05) is 66.7 Å². The second kappa shape index (κ2) is 9.69. The van der Waals surface area contributed by atoms with Crippen molar-refractivity contribution in [1.82, 2.24) is 0 Å². The summed E-state index contributed by atoms with van der Waals surface area (Å²) in [5.74, 6) is -3.90. The van der Waals surface area contributed by atoms with E-state index in [9.17, 15) is 9.90 Å². The van der Waals surface area contributed by atoms with E-state index in [0.717, 1.165) is 17.6 Å². The first-order valence-corrected chi connectivity index (χ1v) is 15.5. The first-order chi connectivity index (χ1) is 19.5. The number of aliphatic hydroxyl groups is 1. The molecule has 6 bridgehead atoms. The molecule has 5 unspecified atom stereocenters. The fraction of sp³-hybridized carbons (Fsp3) is 0.595. The summed E-state index contributed by atoms with van der Waals surface area (Å²) in [5, 5.41) is 13.1. The Bertz CT molecular complexity index is 1420. The highest BCUT2D eigenvalue weighted by atomic mass is 16.7. The second-order valence-corrected chi connectivity index (χ2v) is 15.1. The number of Topliss-reactive ketones (excluding diaryl/α,β-unsaturated/α-hetero) is 3. The number of hydrogen-bond acceptors (Lipinski definition) is 5. The highest BCUT2D eigenvalue weighted by Gasteiger charge is 2.92. The molecule has 1 N–H and O–H groups in total. The molecule has 6 rings (SSSR count). The van der Waals surface area contributed by atoms with E-state index >= 15 is 9.59 Å². The number of carbonyl (C=O) groups is 3. The molecule has 6 atom stereocenters. The maximum Gasteiger partial charge on any atom is 0.192 e. The van der Waals surface area contributed by atoms with E-state index in [1.165, 1.54) is 5.57 Å². The number of hydrogen-bond donors (Lipinski definition) is 1. The van der Waals surface area contributed by atoms with E-state index in [2.05, 4.69) is 19.9 Å². The Morgan fingerprint density at radius 1 is 0.905 bits per heavy atom. The fourth-order valence-electron chi connectivity index (χ4n) is 9.26. The normalized spacial score (nSPS) is 37.4. The molecular formula is C37H48O5. The molecule has 5 heteroatoms. The summed E-state index contributed by atoms with van der Waals surface area (Å²) >= 11 is 0. The van der Waals surface area contributed by atoms with Gasteiger partial charge in [0.1, 0.15) is 0 Å². The summed E-state index contributed by atoms with van der Waals surface area (Å²) in [4.78, 5) is 45.9. The van der Waals surface area contributed by atoms with Crippen LogP contribution in [0.5, 0.6) is 0 Å². The van der Waals surface area contributed by atoms with Crippen molar-refractivity contribution in [2.24, 2.45) is 33.5 Å². The number of ether oxygens (including phenoxy) is 1. The average Bonchev–Trinajstić information content (AvgIpc) is 3.00.